The lowest BCUT2D eigenvalue weighted by Gasteiger charge is -2.42. The molecule has 2 atom stereocenters. The first kappa shape index (κ1) is 17.0. The molecule has 0 aromatic heterocycles. The fourth-order valence-corrected chi connectivity index (χ4v) is 4.10. The van der Waals surface area contributed by atoms with Crippen LogP contribution in [0.4, 0.5) is 0 Å². The number of hydrogen-bond acceptors (Lipinski definition) is 3. The second kappa shape index (κ2) is 7.05. The van der Waals surface area contributed by atoms with E-state index in [1.807, 2.05) is 0 Å². The van der Waals surface area contributed by atoms with Crippen molar-refractivity contribution in [3.8, 4) is 6.07 Å². The van der Waals surface area contributed by atoms with E-state index in [2.05, 4.69) is 41.7 Å². The number of hydrogen-bond donors (Lipinski definition) is 1. The summed E-state index contributed by atoms with van der Waals surface area (Å²) in [5.41, 5.74) is 2.86. The zero-order valence-corrected chi connectivity index (χ0v) is 14.9. The third-order valence-corrected chi connectivity index (χ3v) is 6.04. The van der Waals surface area contributed by atoms with Crippen molar-refractivity contribution in [2.24, 2.45) is 5.41 Å². The van der Waals surface area contributed by atoms with Gasteiger partial charge in [0.1, 0.15) is 0 Å². The zero-order valence-electron chi connectivity index (χ0n) is 14.9. The summed E-state index contributed by atoms with van der Waals surface area (Å²) in [6.07, 6.45) is 5.28. The van der Waals surface area contributed by atoms with E-state index in [0.29, 0.717) is 23.9 Å². The predicted octanol–water partition coefficient (Wildman–Crippen LogP) is 4.45. The molecule has 2 aliphatic rings. The molecule has 0 aliphatic heterocycles. The Morgan fingerprint density at radius 1 is 1.12 bits per heavy atom. The molecule has 2 aromatic carbocycles. The Labute approximate surface area is 155 Å². The van der Waals surface area contributed by atoms with Gasteiger partial charge in [0.2, 0.25) is 0 Å². The van der Waals surface area contributed by atoms with Crippen LogP contribution in [0.1, 0.15) is 59.5 Å². The summed E-state index contributed by atoms with van der Waals surface area (Å²) in [4.78, 5) is 12.7. The fourth-order valence-electron chi connectivity index (χ4n) is 4.10. The monoisotopic (exact) mass is 344 g/mol. The van der Waals surface area contributed by atoms with Gasteiger partial charge >= 0.3 is 0 Å². The quantitative estimate of drug-likeness (QED) is 0.755. The number of carbonyl (C=O) groups excluding carboxylic acids is 1. The lowest BCUT2D eigenvalue weighted by atomic mass is 9.65. The molecule has 1 unspecified atom stereocenters. The minimum absolute atomic E-state index is 0.120. The molecule has 3 nitrogen and oxygen atoms in total. The van der Waals surface area contributed by atoms with Crippen LogP contribution in [0.15, 0.2) is 54.6 Å². The van der Waals surface area contributed by atoms with E-state index >= 15 is 0 Å². The molecule has 0 spiro atoms. The zero-order chi connectivity index (χ0) is 18.0. The topological polar surface area (TPSA) is 52.9 Å². The number of carbonyl (C=O) groups is 1. The second-order valence-electron chi connectivity index (χ2n) is 7.88. The van der Waals surface area contributed by atoms with E-state index in [0.717, 1.165) is 24.9 Å². The van der Waals surface area contributed by atoms with E-state index in [4.69, 9.17) is 5.26 Å². The van der Waals surface area contributed by atoms with Gasteiger partial charge in [0.25, 0.3) is 0 Å². The average Bonchev–Trinajstić information content (AvgIpc) is 3.44. The molecule has 2 aromatic rings. The molecule has 3 heteroatoms. The SMILES string of the molecule is N#Cc1ccc(C(=O)CC2(CN[C@H]3CC3c3ccccc3)CCC2)cc1. The van der Waals surface area contributed by atoms with Crippen LogP contribution in [-0.4, -0.2) is 18.4 Å². The minimum atomic E-state index is 0.120. The number of nitrogens with zero attached hydrogens (tertiary/aromatic N) is 1. The number of benzene rings is 2. The molecule has 0 amide bonds. The van der Waals surface area contributed by atoms with Crippen molar-refractivity contribution >= 4 is 5.78 Å². The Kier molecular flexibility index (Phi) is 4.61. The maximum Gasteiger partial charge on any atom is 0.163 e. The van der Waals surface area contributed by atoms with Crippen molar-refractivity contribution in [2.75, 3.05) is 6.54 Å². The van der Waals surface area contributed by atoms with Crippen molar-refractivity contribution in [3.63, 3.8) is 0 Å². The van der Waals surface area contributed by atoms with Gasteiger partial charge in [-0.15, -0.1) is 0 Å². The van der Waals surface area contributed by atoms with Crippen molar-refractivity contribution in [2.45, 2.75) is 44.1 Å². The molecule has 2 fully saturated rings. The van der Waals surface area contributed by atoms with E-state index < -0.39 is 0 Å². The molecular weight excluding hydrogens is 320 g/mol. The highest BCUT2D eigenvalue weighted by Gasteiger charge is 2.43. The molecule has 0 heterocycles. The first-order chi connectivity index (χ1) is 12.7. The number of nitriles is 1. The molecule has 132 valence electrons. The van der Waals surface area contributed by atoms with E-state index in [1.54, 1.807) is 24.3 Å². The standard InChI is InChI=1S/C23H24N2O/c24-15-17-7-9-19(10-8-17)22(26)14-23(11-4-12-23)16-25-21-13-20(21)18-5-2-1-3-6-18/h1-3,5-10,20-21,25H,4,11-14,16H2/t20?,21-/m0/s1. The molecule has 26 heavy (non-hydrogen) atoms. The van der Waals surface area contributed by atoms with Crippen molar-refractivity contribution in [1.82, 2.24) is 5.32 Å². The number of nitrogens with one attached hydrogen (secondary N) is 1. The summed E-state index contributed by atoms with van der Waals surface area (Å²) in [6.45, 7) is 0.934. The van der Waals surface area contributed by atoms with Gasteiger partial charge in [-0.2, -0.15) is 5.26 Å². The van der Waals surface area contributed by atoms with Crippen LogP contribution < -0.4 is 5.32 Å². The molecule has 2 saturated carbocycles. The molecule has 2 aliphatic carbocycles. The number of rotatable bonds is 7. The molecule has 1 N–H and O–H groups in total. The van der Waals surface area contributed by atoms with E-state index in [9.17, 15) is 4.79 Å². The van der Waals surface area contributed by atoms with Crippen LogP contribution in [-0.2, 0) is 0 Å². The summed E-state index contributed by atoms with van der Waals surface area (Å²) in [6, 6.07) is 20.4. The van der Waals surface area contributed by atoms with Crippen molar-refractivity contribution in [1.29, 1.82) is 5.26 Å². The predicted molar refractivity (Wildman–Crippen MR) is 102 cm³/mol. The van der Waals surface area contributed by atoms with E-state index in [1.165, 1.54) is 18.4 Å². The molecule has 4 rings (SSSR count). The summed E-state index contributed by atoms with van der Waals surface area (Å²) in [7, 11) is 0. The Bertz CT molecular complexity index is 816. The van der Waals surface area contributed by atoms with Gasteiger partial charge in [-0.25, -0.2) is 0 Å². The van der Waals surface area contributed by atoms with Crippen LogP contribution in [0.3, 0.4) is 0 Å². The van der Waals surface area contributed by atoms with Crippen LogP contribution >= 0.6 is 0 Å². The fraction of sp³-hybridized carbons (Fsp3) is 0.391. The van der Waals surface area contributed by atoms with Crippen LogP contribution in [0, 0.1) is 16.7 Å². The van der Waals surface area contributed by atoms with Gasteiger partial charge < -0.3 is 5.32 Å². The van der Waals surface area contributed by atoms with Crippen molar-refractivity contribution in [3.05, 3.63) is 71.3 Å². The first-order valence-corrected chi connectivity index (χ1v) is 9.51. The van der Waals surface area contributed by atoms with Gasteiger partial charge in [-0.05, 0) is 42.4 Å². The van der Waals surface area contributed by atoms with Crippen LogP contribution in [0.5, 0.6) is 0 Å². The maximum atomic E-state index is 12.7. The summed E-state index contributed by atoms with van der Waals surface area (Å²) >= 11 is 0. The highest BCUT2D eigenvalue weighted by molar-refractivity contribution is 5.96. The van der Waals surface area contributed by atoms with Gasteiger partial charge in [-0.3, -0.25) is 4.79 Å². The molecular formula is C23H24N2O. The van der Waals surface area contributed by atoms with Gasteiger partial charge in [0, 0.05) is 30.5 Å². The van der Waals surface area contributed by atoms with Gasteiger partial charge in [0.05, 0.1) is 11.6 Å². The highest BCUT2D eigenvalue weighted by Crippen LogP contribution is 2.46. The molecule has 0 saturated heterocycles. The van der Waals surface area contributed by atoms with Crippen LogP contribution in [0.2, 0.25) is 0 Å². The Balaban J connectivity index is 1.33. The average molecular weight is 344 g/mol. The summed E-state index contributed by atoms with van der Waals surface area (Å²) < 4.78 is 0. The smallest absolute Gasteiger partial charge is 0.163 e. The Morgan fingerprint density at radius 3 is 2.46 bits per heavy atom. The number of Topliss-reactive ketones (excluding diaryl/α,β-unsaturated/α-hetero) is 1. The number of ketones is 1. The molecule has 0 bridgehead atoms. The maximum absolute atomic E-state index is 12.7. The normalized spacial score (nSPS) is 22.9. The van der Waals surface area contributed by atoms with Crippen LogP contribution in [0.25, 0.3) is 0 Å². The molecule has 0 radical (unpaired) electrons. The van der Waals surface area contributed by atoms with Gasteiger partial charge in [-0.1, -0.05) is 48.9 Å². The summed E-state index contributed by atoms with van der Waals surface area (Å²) in [5, 5.41) is 12.6. The first-order valence-electron chi connectivity index (χ1n) is 9.51. The minimum Gasteiger partial charge on any atom is -0.313 e. The second-order valence-corrected chi connectivity index (χ2v) is 7.88. The highest BCUT2D eigenvalue weighted by atomic mass is 16.1. The van der Waals surface area contributed by atoms with E-state index in [-0.39, 0.29) is 11.2 Å². The van der Waals surface area contributed by atoms with Gasteiger partial charge in [0.15, 0.2) is 5.78 Å². The largest absolute Gasteiger partial charge is 0.313 e. The lowest BCUT2D eigenvalue weighted by molar-refractivity contribution is 0.0752. The Hall–Kier alpha value is -2.44. The lowest BCUT2D eigenvalue weighted by Crippen LogP contribution is -2.42. The third-order valence-electron chi connectivity index (χ3n) is 6.04. The summed E-state index contributed by atoms with van der Waals surface area (Å²) in [5.74, 6) is 0.828. The third kappa shape index (κ3) is 3.57. The van der Waals surface area contributed by atoms with Crippen molar-refractivity contribution < 1.29 is 4.79 Å². The Morgan fingerprint density at radius 2 is 1.85 bits per heavy atom.